The third-order valence-electron chi connectivity index (χ3n) is 3.92. The summed E-state index contributed by atoms with van der Waals surface area (Å²) in [7, 11) is 0. The topological polar surface area (TPSA) is 44.8 Å². The Morgan fingerprint density at radius 2 is 2.15 bits per heavy atom. The van der Waals surface area contributed by atoms with Crippen molar-refractivity contribution in [1.29, 1.82) is 0 Å². The molecule has 1 saturated carbocycles. The van der Waals surface area contributed by atoms with E-state index in [4.69, 9.17) is 14.2 Å². The molecule has 4 heteroatoms. The fraction of sp³-hybridized carbons (Fsp3) is 0.889. The summed E-state index contributed by atoms with van der Waals surface area (Å²) in [5, 5.41) is 0. The maximum absolute atomic E-state index is 11.4. The molecule has 4 rings (SSSR count). The van der Waals surface area contributed by atoms with E-state index >= 15 is 0 Å². The quantitative estimate of drug-likeness (QED) is 0.499. The molecule has 0 radical (unpaired) electrons. The van der Waals surface area contributed by atoms with Crippen LogP contribution in [0.1, 0.15) is 6.42 Å². The molecule has 13 heavy (non-hydrogen) atoms. The molecule has 3 saturated heterocycles. The summed E-state index contributed by atoms with van der Waals surface area (Å²) in [6, 6.07) is 0. The molecule has 0 spiro atoms. The molecule has 6 atom stereocenters. The first-order chi connectivity index (χ1) is 6.34. The van der Waals surface area contributed by atoms with E-state index in [-0.39, 0.29) is 24.5 Å². The minimum atomic E-state index is -0.294. The Bertz CT molecular complexity index is 289. The molecular formula is C9H10O4. The van der Waals surface area contributed by atoms with Crippen molar-refractivity contribution in [2.75, 3.05) is 6.61 Å². The van der Waals surface area contributed by atoms with Crippen LogP contribution in [-0.2, 0) is 19.0 Å². The highest BCUT2D eigenvalue weighted by Crippen LogP contribution is 2.58. The van der Waals surface area contributed by atoms with Crippen LogP contribution < -0.4 is 0 Å². The van der Waals surface area contributed by atoms with Gasteiger partial charge < -0.3 is 14.2 Å². The van der Waals surface area contributed by atoms with Gasteiger partial charge in [0, 0.05) is 11.8 Å². The SMILES string of the molecule is O=C1OC2OC3OCC4CC1C2C43. The van der Waals surface area contributed by atoms with Gasteiger partial charge in [-0.2, -0.15) is 0 Å². The van der Waals surface area contributed by atoms with Gasteiger partial charge in [-0.05, 0) is 12.3 Å². The van der Waals surface area contributed by atoms with E-state index in [2.05, 4.69) is 0 Å². The summed E-state index contributed by atoms with van der Waals surface area (Å²) in [5.74, 6) is 1.32. The summed E-state index contributed by atoms with van der Waals surface area (Å²) in [5.41, 5.74) is 0. The Labute approximate surface area is 75.1 Å². The van der Waals surface area contributed by atoms with E-state index in [1.54, 1.807) is 0 Å². The Balaban J connectivity index is 1.82. The standard InChI is InChI=1S/C9H10O4/c10-7-4-1-3-2-11-8-5(3)6(4)9(12-7)13-8/h3-6,8-9H,1-2H2. The zero-order chi connectivity index (χ0) is 8.58. The van der Waals surface area contributed by atoms with Crippen LogP contribution in [0, 0.1) is 23.7 Å². The average molecular weight is 182 g/mol. The van der Waals surface area contributed by atoms with E-state index < -0.39 is 0 Å². The summed E-state index contributed by atoms with van der Waals surface area (Å²) < 4.78 is 16.1. The lowest BCUT2D eigenvalue weighted by atomic mass is 9.91. The number of carbonyl (C=O) groups excluding carboxylic acids is 1. The van der Waals surface area contributed by atoms with Crippen LogP contribution >= 0.6 is 0 Å². The summed E-state index contributed by atoms with van der Waals surface area (Å²) >= 11 is 0. The molecule has 6 unspecified atom stereocenters. The van der Waals surface area contributed by atoms with E-state index in [1.807, 2.05) is 0 Å². The second-order valence-corrected chi connectivity index (χ2v) is 4.40. The van der Waals surface area contributed by atoms with Crippen LogP contribution in [0.2, 0.25) is 0 Å². The fourth-order valence-corrected chi connectivity index (χ4v) is 3.42. The second-order valence-electron chi connectivity index (χ2n) is 4.40. The molecule has 4 nitrogen and oxygen atoms in total. The van der Waals surface area contributed by atoms with Crippen molar-refractivity contribution in [1.82, 2.24) is 0 Å². The average Bonchev–Trinajstić information content (AvgIpc) is 2.70. The normalized spacial score (nSPS) is 61.4. The highest BCUT2D eigenvalue weighted by Gasteiger charge is 2.66. The molecule has 70 valence electrons. The van der Waals surface area contributed by atoms with Crippen molar-refractivity contribution < 1.29 is 19.0 Å². The highest BCUT2D eigenvalue weighted by molar-refractivity contribution is 5.76. The van der Waals surface area contributed by atoms with Crippen LogP contribution in [0.5, 0.6) is 0 Å². The van der Waals surface area contributed by atoms with Gasteiger partial charge in [0.25, 0.3) is 0 Å². The molecule has 3 heterocycles. The molecule has 4 aliphatic rings. The van der Waals surface area contributed by atoms with Gasteiger partial charge in [-0.1, -0.05) is 0 Å². The molecule has 0 aromatic rings. The number of rotatable bonds is 0. The fourth-order valence-electron chi connectivity index (χ4n) is 3.42. The van der Waals surface area contributed by atoms with Crippen molar-refractivity contribution in [3.8, 4) is 0 Å². The van der Waals surface area contributed by atoms with Crippen LogP contribution in [0.15, 0.2) is 0 Å². The first-order valence-electron chi connectivity index (χ1n) is 4.82. The maximum Gasteiger partial charge on any atom is 0.311 e. The zero-order valence-corrected chi connectivity index (χ0v) is 7.01. The van der Waals surface area contributed by atoms with Gasteiger partial charge in [0.2, 0.25) is 6.29 Å². The summed E-state index contributed by atoms with van der Waals surface area (Å²) in [6.07, 6.45) is 0.570. The summed E-state index contributed by atoms with van der Waals surface area (Å²) in [4.78, 5) is 11.4. The lowest BCUT2D eigenvalue weighted by molar-refractivity contribution is -0.196. The zero-order valence-electron chi connectivity index (χ0n) is 7.01. The second kappa shape index (κ2) is 1.91. The number of hydrogen-bond donors (Lipinski definition) is 0. The molecule has 0 N–H and O–H groups in total. The minimum absolute atomic E-state index is 0.0529. The summed E-state index contributed by atoms with van der Waals surface area (Å²) in [6.45, 7) is 0.766. The van der Waals surface area contributed by atoms with E-state index in [1.165, 1.54) is 0 Å². The predicted molar refractivity (Wildman–Crippen MR) is 39.3 cm³/mol. The van der Waals surface area contributed by atoms with Crippen LogP contribution in [0.3, 0.4) is 0 Å². The third-order valence-corrected chi connectivity index (χ3v) is 3.92. The van der Waals surface area contributed by atoms with Crippen molar-refractivity contribution >= 4 is 5.97 Å². The van der Waals surface area contributed by atoms with Gasteiger partial charge in [-0.25, -0.2) is 0 Å². The monoisotopic (exact) mass is 182 g/mol. The number of ether oxygens (including phenoxy) is 3. The van der Waals surface area contributed by atoms with Crippen molar-refractivity contribution in [3.63, 3.8) is 0 Å². The van der Waals surface area contributed by atoms with Crippen LogP contribution in [-0.4, -0.2) is 25.2 Å². The number of hydrogen-bond acceptors (Lipinski definition) is 4. The van der Waals surface area contributed by atoms with E-state index in [9.17, 15) is 4.79 Å². The van der Waals surface area contributed by atoms with Gasteiger partial charge in [0.05, 0.1) is 12.5 Å². The smallest absolute Gasteiger partial charge is 0.311 e. The number of carbonyl (C=O) groups is 1. The molecule has 3 aliphatic heterocycles. The third kappa shape index (κ3) is 0.616. The Morgan fingerprint density at radius 1 is 1.23 bits per heavy atom. The molecule has 0 bridgehead atoms. The Kier molecular flexibility index (Phi) is 0.996. The highest BCUT2D eigenvalue weighted by atomic mass is 16.8. The predicted octanol–water partition coefficient (Wildman–Crippen LogP) is 0.124. The molecule has 0 amide bonds. The van der Waals surface area contributed by atoms with E-state index in [0.29, 0.717) is 17.8 Å². The van der Waals surface area contributed by atoms with Crippen LogP contribution in [0.25, 0.3) is 0 Å². The van der Waals surface area contributed by atoms with Crippen molar-refractivity contribution in [3.05, 3.63) is 0 Å². The van der Waals surface area contributed by atoms with Crippen molar-refractivity contribution in [2.45, 2.75) is 19.0 Å². The Morgan fingerprint density at radius 3 is 3.08 bits per heavy atom. The van der Waals surface area contributed by atoms with Gasteiger partial charge >= 0.3 is 5.97 Å². The molecule has 0 aromatic carbocycles. The van der Waals surface area contributed by atoms with E-state index in [0.717, 1.165) is 13.0 Å². The molecule has 0 aromatic heterocycles. The van der Waals surface area contributed by atoms with Crippen LogP contribution in [0.4, 0.5) is 0 Å². The largest absolute Gasteiger partial charge is 0.435 e. The number of esters is 1. The first-order valence-corrected chi connectivity index (χ1v) is 4.82. The molecule has 1 aliphatic carbocycles. The van der Waals surface area contributed by atoms with Gasteiger partial charge in [0.1, 0.15) is 0 Å². The minimum Gasteiger partial charge on any atom is -0.435 e. The molecule has 4 fully saturated rings. The van der Waals surface area contributed by atoms with Gasteiger partial charge in [-0.3, -0.25) is 4.79 Å². The molecular weight excluding hydrogens is 172 g/mol. The van der Waals surface area contributed by atoms with Gasteiger partial charge in [-0.15, -0.1) is 0 Å². The maximum atomic E-state index is 11.4. The lowest BCUT2D eigenvalue weighted by Gasteiger charge is -2.09. The lowest BCUT2D eigenvalue weighted by Crippen LogP contribution is -2.17. The van der Waals surface area contributed by atoms with Crippen molar-refractivity contribution in [2.24, 2.45) is 23.7 Å². The van der Waals surface area contributed by atoms with Gasteiger partial charge in [0.15, 0.2) is 6.29 Å². The Hall–Kier alpha value is -0.610. The first kappa shape index (κ1) is 6.79.